The van der Waals surface area contributed by atoms with E-state index in [1.807, 2.05) is 37.3 Å². The highest BCUT2D eigenvalue weighted by Gasteiger charge is 2.14. The summed E-state index contributed by atoms with van der Waals surface area (Å²) in [6.07, 6.45) is 2.85. The highest BCUT2D eigenvalue weighted by molar-refractivity contribution is 6.08. The number of ether oxygens (including phenoxy) is 3. The van der Waals surface area contributed by atoms with Gasteiger partial charge in [0, 0.05) is 30.6 Å². The molecule has 0 radical (unpaired) electrons. The van der Waals surface area contributed by atoms with E-state index in [0.717, 1.165) is 72.3 Å². The van der Waals surface area contributed by atoms with E-state index in [2.05, 4.69) is 4.90 Å². The number of carbonyl (C=O) groups excluding carboxylic acids is 1. The first-order valence-electron chi connectivity index (χ1n) is 10.3. The molecule has 0 aliphatic carbocycles. The molecule has 6 heteroatoms. The molecule has 1 fully saturated rings. The molecule has 2 aromatic carbocycles. The van der Waals surface area contributed by atoms with Gasteiger partial charge in [0.05, 0.1) is 39.1 Å². The lowest BCUT2D eigenvalue weighted by atomic mass is 10.0. The molecule has 0 bridgehead atoms. The zero-order chi connectivity index (χ0) is 20.1. The summed E-state index contributed by atoms with van der Waals surface area (Å²) in [5, 5.41) is 3.08. The van der Waals surface area contributed by atoms with Gasteiger partial charge in [-0.25, -0.2) is 0 Å². The molecule has 4 rings (SSSR count). The molecule has 0 atom stereocenters. The number of morpholine rings is 1. The van der Waals surface area contributed by atoms with E-state index < -0.39 is 0 Å². The highest BCUT2D eigenvalue weighted by Crippen LogP contribution is 2.32. The van der Waals surface area contributed by atoms with Crippen LogP contribution < -0.4 is 4.74 Å². The summed E-state index contributed by atoms with van der Waals surface area (Å²) in [5.74, 6) is 0.613. The minimum absolute atomic E-state index is 0.208. The second kappa shape index (κ2) is 9.29. The van der Waals surface area contributed by atoms with Gasteiger partial charge in [-0.3, -0.25) is 9.69 Å². The van der Waals surface area contributed by atoms with Gasteiger partial charge in [0.2, 0.25) is 0 Å². The van der Waals surface area contributed by atoms with Crippen molar-refractivity contribution in [2.45, 2.75) is 19.8 Å². The number of esters is 1. The van der Waals surface area contributed by atoms with Gasteiger partial charge in [-0.2, -0.15) is 0 Å². The lowest BCUT2D eigenvalue weighted by Crippen LogP contribution is -2.37. The van der Waals surface area contributed by atoms with Crippen molar-refractivity contribution in [1.29, 1.82) is 0 Å². The Labute approximate surface area is 170 Å². The van der Waals surface area contributed by atoms with Gasteiger partial charge < -0.3 is 18.6 Å². The van der Waals surface area contributed by atoms with Crippen molar-refractivity contribution in [2.24, 2.45) is 0 Å². The predicted molar refractivity (Wildman–Crippen MR) is 111 cm³/mol. The van der Waals surface area contributed by atoms with Crippen molar-refractivity contribution in [3.05, 3.63) is 42.2 Å². The summed E-state index contributed by atoms with van der Waals surface area (Å²) in [5.41, 5.74) is 1.62. The summed E-state index contributed by atoms with van der Waals surface area (Å²) < 4.78 is 22.1. The van der Waals surface area contributed by atoms with E-state index in [-0.39, 0.29) is 12.4 Å². The van der Waals surface area contributed by atoms with Crippen LogP contribution in [0.25, 0.3) is 21.7 Å². The Morgan fingerprint density at radius 1 is 1.17 bits per heavy atom. The second-order valence-corrected chi connectivity index (χ2v) is 7.22. The van der Waals surface area contributed by atoms with Crippen LogP contribution in [0, 0.1) is 0 Å². The van der Waals surface area contributed by atoms with Crippen LogP contribution in [0.15, 0.2) is 41.0 Å². The van der Waals surface area contributed by atoms with E-state index in [1.165, 1.54) is 0 Å². The SMILES string of the molecule is CCOC(=O)Cc1coc2ccc3cc(OCCCN4CCOCC4)ccc3c12. The predicted octanol–water partition coefficient (Wildman–Crippen LogP) is 3.79. The van der Waals surface area contributed by atoms with Crippen molar-refractivity contribution in [2.75, 3.05) is 46.1 Å². The minimum Gasteiger partial charge on any atom is -0.494 e. The number of furan rings is 1. The van der Waals surface area contributed by atoms with Crippen molar-refractivity contribution in [3.63, 3.8) is 0 Å². The Kier molecular flexibility index (Phi) is 6.32. The summed E-state index contributed by atoms with van der Waals surface area (Å²) >= 11 is 0. The van der Waals surface area contributed by atoms with Gasteiger partial charge in [0.1, 0.15) is 11.3 Å². The van der Waals surface area contributed by atoms with Crippen LogP contribution in [0.1, 0.15) is 18.9 Å². The molecule has 3 aromatic rings. The van der Waals surface area contributed by atoms with Crippen molar-refractivity contribution in [3.8, 4) is 5.75 Å². The lowest BCUT2D eigenvalue weighted by molar-refractivity contribution is -0.142. The number of nitrogens with zero attached hydrogens (tertiary/aromatic N) is 1. The monoisotopic (exact) mass is 397 g/mol. The number of rotatable bonds is 8. The third-order valence-electron chi connectivity index (χ3n) is 5.23. The van der Waals surface area contributed by atoms with E-state index in [1.54, 1.807) is 6.26 Å². The number of hydrogen-bond acceptors (Lipinski definition) is 6. The van der Waals surface area contributed by atoms with E-state index >= 15 is 0 Å². The average molecular weight is 397 g/mol. The molecular formula is C23H27NO5. The normalized spacial score (nSPS) is 15.1. The van der Waals surface area contributed by atoms with Crippen LogP contribution in [0.3, 0.4) is 0 Å². The lowest BCUT2D eigenvalue weighted by Gasteiger charge is -2.26. The maximum absolute atomic E-state index is 11.9. The minimum atomic E-state index is -0.243. The van der Waals surface area contributed by atoms with Gasteiger partial charge in [-0.1, -0.05) is 6.07 Å². The maximum Gasteiger partial charge on any atom is 0.310 e. The van der Waals surface area contributed by atoms with Gasteiger partial charge in [0.15, 0.2) is 0 Å². The molecule has 1 aromatic heterocycles. The van der Waals surface area contributed by atoms with Crippen LogP contribution in [-0.2, 0) is 20.7 Å². The second-order valence-electron chi connectivity index (χ2n) is 7.22. The Balaban J connectivity index is 1.44. The molecule has 154 valence electrons. The van der Waals surface area contributed by atoms with E-state index in [4.69, 9.17) is 18.6 Å². The summed E-state index contributed by atoms with van der Waals surface area (Å²) in [7, 11) is 0. The highest BCUT2D eigenvalue weighted by atomic mass is 16.5. The number of benzene rings is 2. The molecule has 1 aliphatic heterocycles. The smallest absolute Gasteiger partial charge is 0.310 e. The number of carbonyl (C=O) groups is 1. The number of fused-ring (bicyclic) bond motifs is 3. The first-order valence-corrected chi connectivity index (χ1v) is 10.3. The van der Waals surface area contributed by atoms with Gasteiger partial charge >= 0.3 is 5.97 Å². The van der Waals surface area contributed by atoms with Crippen LogP contribution in [0.2, 0.25) is 0 Å². The first-order chi connectivity index (χ1) is 14.2. The number of hydrogen-bond donors (Lipinski definition) is 0. The molecule has 1 aliphatic rings. The topological polar surface area (TPSA) is 61.1 Å². The standard InChI is InChI=1S/C23H27NO5/c1-2-27-22(25)15-18-16-29-21-7-4-17-14-19(5-6-20(17)23(18)21)28-11-3-8-24-9-12-26-13-10-24/h4-7,14,16H,2-3,8-13,15H2,1H3. The van der Waals surface area contributed by atoms with Gasteiger partial charge in [0.25, 0.3) is 0 Å². The molecule has 0 N–H and O–H groups in total. The quantitative estimate of drug-likeness (QED) is 0.426. The fourth-order valence-corrected chi connectivity index (χ4v) is 3.80. The Hall–Kier alpha value is -2.57. The zero-order valence-electron chi connectivity index (χ0n) is 16.8. The van der Waals surface area contributed by atoms with E-state index in [9.17, 15) is 4.79 Å². The summed E-state index contributed by atoms with van der Waals surface area (Å²) in [4.78, 5) is 14.3. The van der Waals surface area contributed by atoms with Gasteiger partial charge in [-0.15, -0.1) is 0 Å². The molecule has 0 saturated carbocycles. The van der Waals surface area contributed by atoms with E-state index in [0.29, 0.717) is 13.2 Å². The Morgan fingerprint density at radius 2 is 2.03 bits per heavy atom. The van der Waals surface area contributed by atoms with Crippen LogP contribution in [-0.4, -0.2) is 56.9 Å². The average Bonchev–Trinajstić information content (AvgIpc) is 3.15. The molecule has 6 nitrogen and oxygen atoms in total. The fourth-order valence-electron chi connectivity index (χ4n) is 3.80. The van der Waals surface area contributed by atoms with Gasteiger partial charge in [-0.05, 0) is 48.4 Å². The summed E-state index contributed by atoms with van der Waals surface area (Å²) in [6.45, 7) is 7.56. The third-order valence-corrected chi connectivity index (χ3v) is 5.23. The summed E-state index contributed by atoms with van der Waals surface area (Å²) in [6, 6.07) is 10.0. The largest absolute Gasteiger partial charge is 0.494 e. The Morgan fingerprint density at radius 3 is 2.86 bits per heavy atom. The maximum atomic E-state index is 11.9. The fraction of sp³-hybridized carbons (Fsp3) is 0.435. The molecule has 29 heavy (non-hydrogen) atoms. The Bertz CT molecular complexity index is 974. The molecule has 2 heterocycles. The molecule has 0 unspecified atom stereocenters. The van der Waals surface area contributed by atoms with Crippen molar-refractivity contribution in [1.82, 2.24) is 4.90 Å². The zero-order valence-corrected chi connectivity index (χ0v) is 16.8. The van der Waals surface area contributed by atoms with Crippen LogP contribution in [0.4, 0.5) is 0 Å². The molecular weight excluding hydrogens is 370 g/mol. The van der Waals surface area contributed by atoms with Crippen molar-refractivity contribution >= 4 is 27.7 Å². The first kappa shape index (κ1) is 19.7. The molecule has 0 spiro atoms. The third kappa shape index (κ3) is 4.71. The van der Waals surface area contributed by atoms with Crippen molar-refractivity contribution < 1.29 is 23.4 Å². The molecule has 1 saturated heterocycles. The van der Waals surface area contributed by atoms with Crippen LogP contribution >= 0.6 is 0 Å². The molecule has 0 amide bonds. The van der Waals surface area contributed by atoms with Crippen LogP contribution in [0.5, 0.6) is 5.75 Å².